The number of hydrogen-bond acceptors (Lipinski definition) is 4. The van der Waals surface area contributed by atoms with Gasteiger partial charge < -0.3 is 20.8 Å². The molecule has 0 bridgehead atoms. The topological polar surface area (TPSA) is 116 Å². The zero-order valence-electron chi connectivity index (χ0n) is 16.8. The number of amides is 2. The van der Waals surface area contributed by atoms with Crippen LogP contribution in [0.3, 0.4) is 0 Å². The molecule has 3 rings (SSSR count). The third-order valence-corrected chi connectivity index (χ3v) is 4.71. The van der Waals surface area contributed by atoms with Gasteiger partial charge in [-0.15, -0.1) is 0 Å². The van der Waals surface area contributed by atoms with Crippen molar-refractivity contribution in [3.63, 3.8) is 0 Å². The number of aromatic hydroxyl groups is 1. The molecule has 0 saturated carbocycles. The van der Waals surface area contributed by atoms with Crippen molar-refractivity contribution in [2.75, 3.05) is 5.32 Å². The normalized spacial score (nSPS) is 11.4. The molecule has 158 valence electrons. The van der Waals surface area contributed by atoms with Gasteiger partial charge in [0.25, 0.3) is 11.8 Å². The van der Waals surface area contributed by atoms with Crippen LogP contribution in [0.2, 0.25) is 0 Å². The van der Waals surface area contributed by atoms with E-state index in [2.05, 4.69) is 10.6 Å². The van der Waals surface area contributed by atoms with Crippen LogP contribution in [-0.2, 0) is 11.2 Å². The number of hydrogen-bond donors (Lipinski definition) is 4. The lowest BCUT2D eigenvalue weighted by molar-refractivity contribution is -0.139. The van der Waals surface area contributed by atoms with Gasteiger partial charge in [0.2, 0.25) is 0 Å². The summed E-state index contributed by atoms with van der Waals surface area (Å²) >= 11 is 0. The standard InChI is InChI=1S/C24H22N2O5/c1-15-6-10-17(11-7-15)22(28)25-20-5-3-2-4-19(20)23(29)26-21(24(30)31)14-16-8-12-18(27)13-9-16/h2-13,21,27H,14H2,1H3,(H,25,28)(H,26,29)(H,30,31)/t21-/m1/s1. The summed E-state index contributed by atoms with van der Waals surface area (Å²) in [5, 5.41) is 24.1. The molecule has 0 heterocycles. The monoisotopic (exact) mass is 418 g/mol. The minimum absolute atomic E-state index is 0.0409. The van der Waals surface area contributed by atoms with E-state index in [4.69, 9.17) is 0 Å². The molecule has 7 nitrogen and oxygen atoms in total. The summed E-state index contributed by atoms with van der Waals surface area (Å²) < 4.78 is 0. The number of carbonyl (C=O) groups excluding carboxylic acids is 2. The molecule has 0 aliphatic heterocycles. The minimum atomic E-state index is -1.19. The number of anilines is 1. The third-order valence-electron chi connectivity index (χ3n) is 4.71. The van der Waals surface area contributed by atoms with Gasteiger partial charge in [0.15, 0.2) is 0 Å². The Hall–Kier alpha value is -4.13. The van der Waals surface area contributed by atoms with Crippen LogP contribution in [0.1, 0.15) is 31.8 Å². The molecule has 0 unspecified atom stereocenters. The van der Waals surface area contributed by atoms with E-state index in [0.29, 0.717) is 11.1 Å². The Kier molecular flexibility index (Phi) is 6.67. The quantitative estimate of drug-likeness (QED) is 0.469. The highest BCUT2D eigenvalue weighted by Crippen LogP contribution is 2.18. The van der Waals surface area contributed by atoms with E-state index in [9.17, 15) is 24.6 Å². The maximum atomic E-state index is 12.8. The molecule has 7 heteroatoms. The molecule has 0 aliphatic rings. The van der Waals surface area contributed by atoms with Crippen LogP contribution >= 0.6 is 0 Å². The van der Waals surface area contributed by atoms with Crippen LogP contribution in [-0.4, -0.2) is 34.0 Å². The fraction of sp³-hybridized carbons (Fsp3) is 0.125. The van der Waals surface area contributed by atoms with E-state index in [1.165, 1.54) is 18.2 Å². The number of carboxylic acid groups (broad SMARTS) is 1. The van der Waals surface area contributed by atoms with Gasteiger partial charge >= 0.3 is 5.97 Å². The van der Waals surface area contributed by atoms with Crippen molar-refractivity contribution in [2.45, 2.75) is 19.4 Å². The van der Waals surface area contributed by atoms with Crippen LogP contribution in [0, 0.1) is 6.92 Å². The molecule has 0 spiro atoms. The van der Waals surface area contributed by atoms with Gasteiger partial charge in [-0.25, -0.2) is 4.79 Å². The Bertz CT molecular complexity index is 1090. The average molecular weight is 418 g/mol. The fourth-order valence-corrected chi connectivity index (χ4v) is 2.99. The Labute approximate surface area is 179 Å². The van der Waals surface area contributed by atoms with E-state index in [-0.39, 0.29) is 29.3 Å². The van der Waals surface area contributed by atoms with E-state index in [1.807, 2.05) is 19.1 Å². The zero-order valence-corrected chi connectivity index (χ0v) is 16.8. The number of aryl methyl sites for hydroxylation is 1. The predicted octanol–water partition coefficient (Wildman–Crippen LogP) is 3.38. The highest BCUT2D eigenvalue weighted by Gasteiger charge is 2.23. The van der Waals surface area contributed by atoms with Gasteiger partial charge in [0, 0.05) is 12.0 Å². The molecule has 4 N–H and O–H groups in total. The van der Waals surface area contributed by atoms with Gasteiger partial charge in [-0.3, -0.25) is 9.59 Å². The van der Waals surface area contributed by atoms with Crippen LogP contribution in [0.4, 0.5) is 5.69 Å². The smallest absolute Gasteiger partial charge is 0.326 e. The summed E-state index contributed by atoms with van der Waals surface area (Å²) in [7, 11) is 0. The maximum absolute atomic E-state index is 12.8. The summed E-state index contributed by atoms with van der Waals surface area (Å²) in [4.78, 5) is 37.0. The van der Waals surface area contributed by atoms with Crippen molar-refractivity contribution in [1.82, 2.24) is 5.32 Å². The molecule has 2 amide bonds. The van der Waals surface area contributed by atoms with Crippen LogP contribution in [0.15, 0.2) is 72.8 Å². The van der Waals surface area contributed by atoms with Crippen molar-refractivity contribution < 1.29 is 24.6 Å². The molecule has 31 heavy (non-hydrogen) atoms. The Morgan fingerprint density at radius 1 is 0.871 bits per heavy atom. The Morgan fingerprint density at radius 3 is 2.16 bits per heavy atom. The first-order valence-corrected chi connectivity index (χ1v) is 9.62. The number of rotatable bonds is 7. The van der Waals surface area contributed by atoms with Crippen LogP contribution < -0.4 is 10.6 Å². The molecule has 3 aromatic rings. The number of benzene rings is 3. The molecule has 0 aromatic heterocycles. The molecule has 0 radical (unpaired) electrons. The van der Waals surface area contributed by atoms with E-state index >= 15 is 0 Å². The average Bonchev–Trinajstić information content (AvgIpc) is 2.75. The number of aliphatic carboxylic acids is 1. The number of carboxylic acids is 1. The highest BCUT2D eigenvalue weighted by atomic mass is 16.4. The molecular formula is C24H22N2O5. The van der Waals surface area contributed by atoms with Crippen molar-refractivity contribution in [2.24, 2.45) is 0 Å². The van der Waals surface area contributed by atoms with Gasteiger partial charge in [-0.05, 0) is 48.9 Å². The van der Waals surface area contributed by atoms with Crippen LogP contribution in [0.5, 0.6) is 5.75 Å². The van der Waals surface area contributed by atoms with E-state index < -0.39 is 17.9 Å². The number of phenolic OH excluding ortho intramolecular Hbond substituents is 1. The SMILES string of the molecule is Cc1ccc(C(=O)Nc2ccccc2C(=O)N[C@H](Cc2ccc(O)cc2)C(=O)O)cc1. The number of carbonyl (C=O) groups is 3. The lowest BCUT2D eigenvalue weighted by Crippen LogP contribution is -2.42. The predicted molar refractivity (Wildman–Crippen MR) is 116 cm³/mol. The summed E-state index contributed by atoms with van der Waals surface area (Å²) in [5.41, 5.74) is 2.53. The molecule has 0 aliphatic carbocycles. The lowest BCUT2D eigenvalue weighted by Gasteiger charge is -2.17. The van der Waals surface area contributed by atoms with Gasteiger partial charge in [-0.2, -0.15) is 0 Å². The van der Waals surface area contributed by atoms with E-state index in [1.54, 1.807) is 42.5 Å². The first-order valence-electron chi connectivity index (χ1n) is 9.62. The number of phenols is 1. The Balaban J connectivity index is 1.76. The largest absolute Gasteiger partial charge is 0.508 e. The second-order valence-corrected chi connectivity index (χ2v) is 7.10. The molecule has 0 saturated heterocycles. The third kappa shape index (κ3) is 5.70. The van der Waals surface area contributed by atoms with E-state index in [0.717, 1.165) is 5.56 Å². The zero-order chi connectivity index (χ0) is 22.4. The summed E-state index contributed by atoms with van der Waals surface area (Å²) in [5.74, 6) is -2.12. The van der Waals surface area contributed by atoms with Crippen molar-refractivity contribution >= 4 is 23.5 Å². The first kappa shape index (κ1) is 21.6. The second kappa shape index (κ2) is 9.58. The highest BCUT2D eigenvalue weighted by molar-refractivity contribution is 6.09. The second-order valence-electron chi connectivity index (χ2n) is 7.10. The number of para-hydroxylation sites is 1. The first-order chi connectivity index (χ1) is 14.8. The lowest BCUT2D eigenvalue weighted by atomic mass is 10.0. The Morgan fingerprint density at radius 2 is 1.52 bits per heavy atom. The molecule has 1 atom stereocenters. The molecular weight excluding hydrogens is 396 g/mol. The van der Waals surface area contributed by atoms with Crippen molar-refractivity contribution in [3.8, 4) is 5.75 Å². The minimum Gasteiger partial charge on any atom is -0.508 e. The van der Waals surface area contributed by atoms with Gasteiger partial charge in [0.05, 0.1) is 11.3 Å². The summed E-state index contributed by atoms with van der Waals surface area (Å²) in [6.45, 7) is 1.92. The summed E-state index contributed by atoms with van der Waals surface area (Å²) in [6, 6.07) is 18.3. The summed E-state index contributed by atoms with van der Waals surface area (Å²) in [6.07, 6.45) is 0.0409. The van der Waals surface area contributed by atoms with Crippen molar-refractivity contribution in [1.29, 1.82) is 0 Å². The molecule has 0 fully saturated rings. The maximum Gasteiger partial charge on any atom is 0.326 e. The number of nitrogens with one attached hydrogen (secondary N) is 2. The molecule has 3 aromatic carbocycles. The fourth-order valence-electron chi connectivity index (χ4n) is 2.99. The van der Waals surface area contributed by atoms with Crippen LogP contribution in [0.25, 0.3) is 0 Å². The van der Waals surface area contributed by atoms with Crippen molar-refractivity contribution in [3.05, 3.63) is 95.1 Å². The van der Waals surface area contributed by atoms with Gasteiger partial charge in [-0.1, -0.05) is 42.0 Å². The van der Waals surface area contributed by atoms with Gasteiger partial charge in [0.1, 0.15) is 11.8 Å².